The van der Waals surface area contributed by atoms with Gasteiger partial charge in [0.1, 0.15) is 5.76 Å². The average molecular weight is 188 g/mol. The SMILES string of the molecule is c1cnc2oc([C@@H]3CCCN3)cc2c1. The molecule has 0 spiro atoms. The Morgan fingerprint density at radius 2 is 2.50 bits per heavy atom. The van der Waals surface area contributed by atoms with E-state index in [0.717, 1.165) is 23.4 Å². The smallest absolute Gasteiger partial charge is 0.226 e. The Kier molecular flexibility index (Phi) is 1.77. The van der Waals surface area contributed by atoms with Gasteiger partial charge in [0.25, 0.3) is 0 Å². The van der Waals surface area contributed by atoms with Crippen LogP contribution in [-0.2, 0) is 0 Å². The minimum absolute atomic E-state index is 0.393. The molecule has 1 atom stereocenters. The molecule has 1 fully saturated rings. The van der Waals surface area contributed by atoms with Gasteiger partial charge < -0.3 is 9.73 Å². The third-order valence-electron chi connectivity index (χ3n) is 2.72. The molecule has 1 N–H and O–H groups in total. The summed E-state index contributed by atoms with van der Waals surface area (Å²) in [5.41, 5.74) is 0.746. The Balaban J connectivity index is 2.05. The summed E-state index contributed by atoms with van der Waals surface area (Å²) in [5.74, 6) is 1.02. The number of nitrogens with one attached hydrogen (secondary N) is 1. The van der Waals surface area contributed by atoms with Gasteiger partial charge in [-0.05, 0) is 37.6 Å². The van der Waals surface area contributed by atoms with Gasteiger partial charge in [-0.15, -0.1) is 0 Å². The number of fused-ring (bicyclic) bond motifs is 1. The van der Waals surface area contributed by atoms with Crippen LogP contribution in [0.3, 0.4) is 0 Å². The Bertz CT molecular complexity index is 410. The fraction of sp³-hybridized carbons (Fsp3) is 0.364. The van der Waals surface area contributed by atoms with Crippen molar-refractivity contribution in [2.45, 2.75) is 18.9 Å². The highest BCUT2D eigenvalue weighted by atomic mass is 16.3. The maximum Gasteiger partial charge on any atom is 0.226 e. The second-order valence-corrected chi connectivity index (χ2v) is 3.70. The van der Waals surface area contributed by atoms with E-state index in [1.807, 2.05) is 12.1 Å². The monoisotopic (exact) mass is 188 g/mol. The zero-order valence-corrected chi connectivity index (χ0v) is 7.86. The Labute approximate surface area is 82.1 Å². The molecule has 2 aromatic rings. The molecule has 0 aromatic carbocycles. The number of rotatable bonds is 1. The highest BCUT2D eigenvalue weighted by Crippen LogP contribution is 2.27. The minimum Gasteiger partial charge on any atom is -0.441 e. The average Bonchev–Trinajstić information content (AvgIpc) is 2.86. The van der Waals surface area contributed by atoms with E-state index in [1.165, 1.54) is 12.8 Å². The van der Waals surface area contributed by atoms with Gasteiger partial charge in [0.15, 0.2) is 0 Å². The van der Waals surface area contributed by atoms with Crippen LogP contribution in [0.1, 0.15) is 24.6 Å². The van der Waals surface area contributed by atoms with Crippen LogP contribution in [0.5, 0.6) is 0 Å². The topological polar surface area (TPSA) is 38.1 Å². The molecule has 3 rings (SSSR count). The molecule has 1 aliphatic heterocycles. The molecule has 1 saturated heterocycles. The van der Waals surface area contributed by atoms with Crippen LogP contribution in [0.4, 0.5) is 0 Å². The molecule has 0 amide bonds. The zero-order valence-electron chi connectivity index (χ0n) is 7.86. The fourth-order valence-corrected chi connectivity index (χ4v) is 1.99. The molecule has 0 aliphatic carbocycles. The first-order valence-electron chi connectivity index (χ1n) is 5.01. The summed E-state index contributed by atoms with van der Waals surface area (Å²) in [5, 5.41) is 4.51. The predicted molar refractivity (Wildman–Crippen MR) is 54.0 cm³/mol. The molecular formula is C11H12N2O. The van der Waals surface area contributed by atoms with Gasteiger partial charge in [-0.25, -0.2) is 4.98 Å². The lowest BCUT2D eigenvalue weighted by molar-refractivity contribution is 0.465. The van der Waals surface area contributed by atoms with E-state index < -0.39 is 0 Å². The number of nitrogens with zero attached hydrogens (tertiary/aromatic N) is 1. The molecule has 3 nitrogen and oxygen atoms in total. The summed E-state index contributed by atoms with van der Waals surface area (Å²) >= 11 is 0. The maximum atomic E-state index is 5.68. The number of hydrogen-bond donors (Lipinski definition) is 1. The molecule has 0 saturated carbocycles. The summed E-state index contributed by atoms with van der Waals surface area (Å²) in [6.45, 7) is 1.09. The fourth-order valence-electron chi connectivity index (χ4n) is 1.99. The molecule has 3 heteroatoms. The van der Waals surface area contributed by atoms with Crippen molar-refractivity contribution in [1.82, 2.24) is 10.3 Å². The Hall–Kier alpha value is -1.35. The van der Waals surface area contributed by atoms with Crippen LogP contribution < -0.4 is 5.32 Å². The lowest BCUT2D eigenvalue weighted by Crippen LogP contribution is -2.11. The summed E-state index contributed by atoms with van der Waals surface area (Å²) < 4.78 is 5.68. The largest absolute Gasteiger partial charge is 0.441 e. The van der Waals surface area contributed by atoms with Crippen LogP contribution in [0, 0.1) is 0 Å². The van der Waals surface area contributed by atoms with E-state index in [2.05, 4.69) is 16.4 Å². The van der Waals surface area contributed by atoms with Crippen molar-refractivity contribution in [1.29, 1.82) is 0 Å². The molecule has 0 unspecified atom stereocenters. The molecule has 0 radical (unpaired) electrons. The molecule has 3 heterocycles. The van der Waals surface area contributed by atoms with E-state index >= 15 is 0 Å². The van der Waals surface area contributed by atoms with Crippen LogP contribution in [0.2, 0.25) is 0 Å². The highest BCUT2D eigenvalue weighted by Gasteiger charge is 2.19. The first-order valence-corrected chi connectivity index (χ1v) is 5.01. The van der Waals surface area contributed by atoms with E-state index in [0.29, 0.717) is 6.04 Å². The van der Waals surface area contributed by atoms with Crippen LogP contribution in [0.15, 0.2) is 28.8 Å². The number of hydrogen-bond acceptors (Lipinski definition) is 3. The van der Waals surface area contributed by atoms with Crippen molar-refractivity contribution in [3.8, 4) is 0 Å². The minimum atomic E-state index is 0.393. The Morgan fingerprint density at radius 1 is 1.50 bits per heavy atom. The zero-order chi connectivity index (χ0) is 9.38. The lowest BCUT2D eigenvalue weighted by atomic mass is 10.2. The van der Waals surface area contributed by atoms with Crippen molar-refractivity contribution >= 4 is 11.1 Å². The van der Waals surface area contributed by atoms with Crippen molar-refractivity contribution in [3.05, 3.63) is 30.2 Å². The van der Waals surface area contributed by atoms with E-state index in [1.54, 1.807) is 6.20 Å². The number of aromatic nitrogens is 1. The van der Waals surface area contributed by atoms with Gasteiger partial charge in [0, 0.05) is 11.6 Å². The second kappa shape index (κ2) is 3.10. The van der Waals surface area contributed by atoms with Gasteiger partial charge in [-0.2, -0.15) is 0 Å². The number of pyridine rings is 1. The quantitative estimate of drug-likeness (QED) is 0.745. The van der Waals surface area contributed by atoms with Gasteiger partial charge >= 0.3 is 0 Å². The standard InChI is InChI=1S/C11H12N2O/c1-3-8-7-10(9-4-2-5-12-9)14-11(8)13-6-1/h1,3,6-7,9,12H,2,4-5H2/t9-/m0/s1. The van der Waals surface area contributed by atoms with Crippen molar-refractivity contribution in [3.63, 3.8) is 0 Å². The van der Waals surface area contributed by atoms with Gasteiger partial charge in [0.05, 0.1) is 6.04 Å². The third kappa shape index (κ3) is 1.21. The first kappa shape index (κ1) is 8.00. The van der Waals surface area contributed by atoms with Crippen molar-refractivity contribution in [2.24, 2.45) is 0 Å². The van der Waals surface area contributed by atoms with Gasteiger partial charge in [-0.1, -0.05) is 0 Å². The summed E-state index contributed by atoms with van der Waals surface area (Å²) in [6.07, 6.45) is 4.16. The van der Waals surface area contributed by atoms with Crippen LogP contribution in [-0.4, -0.2) is 11.5 Å². The van der Waals surface area contributed by atoms with Crippen LogP contribution >= 0.6 is 0 Å². The first-order chi connectivity index (χ1) is 6.93. The van der Waals surface area contributed by atoms with Crippen molar-refractivity contribution < 1.29 is 4.42 Å². The molecule has 72 valence electrons. The van der Waals surface area contributed by atoms with Gasteiger partial charge in [0.2, 0.25) is 5.71 Å². The third-order valence-corrected chi connectivity index (χ3v) is 2.72. The molecular weight excluding hydrogens is 176 g/mol. The predicted octanol–water partition coefficient (Wildman–Crippen LogP) is 2.25. The van der Waals surface area contributed by atoms with Crippen molar-refractivity contribution in [2.75, 3.05) is 6.54 Å². The second-order valence-electron chi connectivity index (χ2n) is 3.70. The Morgan fingerprint density at radius 3 is 3.29 bits per heavy atom. The molecule has 2 aromatic heterocycles. The summed E-state index contributed by atoms with van der Waals surface area (Å²) in [6, 6.07) is 6.45. The molecule has 0 bridgehead atoms. The lowest BCUT2D eigenvalue weighted by Gasteiger charge is -2.03. The molecule has 14 heavy (non-hydrogen) atoms. The van der Waals surface area contributed by atoms with E-state index in [4.69, 9.17) is 4.42 Å². The maximum absolute atomic E-state index is 5.68. The highest BCUT2D eigenvalue weighted by molar-refractivity contribution is 5.73. The number of furan rings is 1. The van der Waals surface area contributed by atoms with E-state index in [-0.39, 0.29) is 0 Å². The van der Waals surface area contributed by atoms with Gasteiger partial charge in [-0.3, -0.25) is 0 Å². The normalized spacial score (nSPS) is 21.9. The summed E-state index contributed by atoms with van der Waals surface area (Å²) in [4.78, 5) is 4.18. The van der Waals surface area contributed by atoms with E-state index in [9.17, 15) is 0 Å². The summed E-state index contributed by atoms with van der Waals surface area (Å²) in [7, 11) is 0. The molecule has 1 aliphatic rings. The van der Waals surface area contributed by atoms with Crippen LogP contribution in [0.25, 0.3) is 11.1 Å².